The molecule has 0 saturated carbocycles. The summed E-state index contributed by atoms with van der Waals surface area (Å²) in [6.07, 6.45) is 0. The lowest BCUT2D eigenvalue weighted by atomic mass is 10.3. The molecule has 4 N–H and O–H groups in total. The number of hydrogen-bond acceptors (Lipinski definition) is 4. The number of nitrogens with one attached hydrogen (secondary N) is 1. The minimum Gasteiger partial charge on any atom is -0.394 e. The van der Waals surface area contributed by atoms with E-state index in [4.69, 9.17) is 10.8 Å². The lowest BCUT2D eigenvalue weighted by molar-refractivity contribution is 0.281. The van der Waals surface area contributed by atoms with Crippen LogP contribution in [0.15, 0.2) is 18.2 Å². The first-order chi connectivity index (χ1) is 6.26. The summed E-state index contributed by atoms with van der Waals surface area (Å²) in [6, 6.07) is 5.63. The summed E-state index contributed by atoms with van der Waals surface area (Å²) in [5.41, 5.74) is 6.29. The van der Waals surface area contributed by atoms with Gasteiger partial charge in [0.2, 0.25) is 0 Å². The number of nitrogens with two attached hydrogens (primary N) is 1. The Morgan fingerprint density at radius 3 is 3.00 bits per heavy atom. The summed E-state index contributed by atoms with van der Waals surface area (Å²) in [7, 11) is 0. The van der Waals surface area contributed by atoms with Crippen LogP contribution in [0.3, 0.4) is 0 Å². The van der Waals surface area contributed by atoms with Crippen LogP contribution in [0.25, 0.3) is 0 Å². The maximum atomic E-state index is 8.81. The Balaban J connectivity index is 2.66. The van der Waals surface area contributed by atoms with Gasteiger partial charge in [0, 0.05) is 12.6 Å². The van der Waals surface area contributed by atoms with Gasteiger partial charge >= 0.3 is 0 Å². The van der Waals surface area contributed by atoms with Gasteiger partial charge in [-0.1, -0.05) is 6.07 Å². The van der Waals surface area contributed by atoms with Crippen molar-refractivity contribution in [3.05, 3.63) is 23.9 Å². The van der Waals surface area contributed by atoms with Crippen molar-refractivity contribution in [2.75, 3.05) is 11.9 Å². The first-order valence-corrected chi connectivity index (χ1v) is 4.29. The highest BCUT2D eigenvalue weighted by molar-refractivity contribution is 5.36. The normalized spacial score (nSPS) is 12.5. The highest BCUT2D eigenvalue weighted by atomic mass is 16.3. The molecule has 1 aromatic rings. The zero-order valence-electron chi connectivity index (χ0n) is 7.70. The van der Waals surface area contributed by atoms with E-state index in [-0.39, 0.29) is 12.6 Å². The van der Waals surface area contributed by atoms with Gasteiger partial charge in [-0.2, -0.15) is 0 Å². The Morgan fingerprint density at radius 1 is 1.62 bits per heavy atom. The maximum Gasteiger partial charge on any atom is 0.126 e. The van der Waals surface area contributed by atoms with E-state index in [0.29, 0.717) is 6.54 Å². The number of aliphatic hydroxyl groups is 1. The largest absolute Gasteiger partial charge is 0.394 e. The van der Waals surface area contributed by atoms with Crippen molar-refractivity contribution < 1.29 is 5.11 Å². The van der Waals surface area contributed by atoms with Crippen LogP contribution in [0.1, 0.15) is 12.6 Å². The van der Waals surface area contributed by atoms with Crippen molar-refractivity contribution in [3.8, 4) is 0 Å². The number of hydrogen-bond donors (Lipinski definition) is 3. The third-order valence-electron chi connectivity index (χ3n) is 1.68. The van der Waals surface area contributed by atoms with Crippen LogP contribution in [0, 0.1) is 0 Å². The highest BCUT2D eigenvalue weighted by Gasteiger charge is 2.00. The Hall–Kier alpha value is -1.13. The summed E-state index contributed by atoms with van der Waals surface area (Å²) >= 11 is 0. The molecule has 0 spiro atoms. The second kappa shape index (κ2) is 4.79. The molecule has 1 aromatic heterocycles. The van der Waals surface area contributed by atoms with Gasteiger partial charge in [0.15, 0.2) is 0 Å². The Kier molecular flexibility index (Phi) is 3.67. The number of nitrogens with zero attached hydrogens (tertiary/aromatic N) is 1. The van der Waals surface area contributed by atoms with Gasteiger partial charge in [-0.05, 0) is 19.1 Å². The summed E-state index contributed by atoms with van der Waals surface area (Å²) < 4.78 is 0. The van der Waals surface area contributed by atoms with Crippen LogP contribution in [0.2, 0.25) is 0 Å². The molecule has 1 unspecified atom stereocenters. The molecule has 0 bridgehead atoms. The molecule has 0 fully saturated rings. The van der Waals surface area contributed by atoms with Crippen molar-refractivity contribution in [2.45, 2.75) is 19.5 Å². The average molecular weight is 181 g/mol. The fourth-order valence-electron chi connectivity index (χ4n) is 0.972. The van der Waals surface area contributed by atoms with Crippen molar-refractivity contribution in [1.29, 1.82) is 0 Å². The van der Waals surface area contributed by atoms with Crippen molar-refractivity contribution in [2.24, 2.45) is 5.73 Å². The van der Waals surface area contributed by atoms with Crippen molar-refractivity contribution >= 4 is 5.82 Å². The van der Waals surface area contributed by atoms with Crippen molar-refractivity contribution in [1.82, 2.24) is 4.98 Å². The summed E-state index contributed by atoms with van der Waals surface area (Å²) in [5, 5.41) is 11.9. The summed E-state index contributed by atoms with van der Waals surface area (Å²) in [6.45, 7) is 2.41. The van der Waals surface area contributed by atoms with E-state index >= 15 is 0 Å². The van der Waals surface area contributed by atoms with Crippen LogP contribution in [-0.4, -0.2) is 22.7 Å². The Morgan fingerprint density at radius 2 is 2.38 bits per heavy atom. The topological polar surface area (TPSA) is 71.2 Å². The van der Waals surface area contributed by atoms with Crippen LogP contribution < -0.4 is 11.1 Å². The minimum atomic E-state index is 0.0144. The third kappa shape index (κ3) is 3.01. The molecule has 4 heteroatoms. The highest BCUT2D eigenvalue weighted by Crippen LogP contribution is 2.05. The first kappa shape index (κ1) is 9.95. The van der Waals surface area contributed by atoms with Crippen LogP contribution >= 0.6 is 0 Å². The third-order valence-corrected chi connectivity index (χ3v) is 1.68. The number of pyridine rings is 1. The lowest BCUT2D eigenvalue weighted by Gasteiger charge is -2.11. The van der Waals surface area contributed by atoms with Crippen LogP contribution in [-0.2, 0) is 6.54 Å². The number of aliphatic hydroxyl groups excluding tert-OH is 1. The van der Waals surface area contributed by atoms with E-state index < -0.39 is 0 Å². The molecule has 0 amide bonds. The predicted octanol–water partition coefficient (Wildman–Crippen LogP) is 0.333. The molecule has 0 aromatic carbocycles. The number of aromatic nitrogens is 1. The van der Waals surface area contributed by atoms with Gasteiger partial charge in [-0.25, -0.2) is 4.98 Å². The molecule has 1 heterocycles. The minimum absolute atomic E-state index is 0.0144. The Bertz CT molecular complexity index is 265. The van der Waals surface area contributed by atoms with Gasteiger partial charge in [-0.15, -0.1) is 0 Å². The number of rotatable bonds is 4. The molecule has 4 nitrogen and oxygen atoms in total. The van der Waals surface area contributed by atoms with E-state index in [2.05, 4.69) is 10.3 Å². The molecule has 13 heavy (non-hydrogen) atoms. The maximum absolute atomic E-state index is 8.81. The second-order valence-corrected chi connectivity index (χ2v) is 2.95. The molecule has 72 valence electrons. The average Bonchev–Trinajstić information content (AvgIpc) is 2.18. The second-order valence-electron chi connectivity index (χ2n) is 2.95. The van der Waals surface area contributed by atoms with E-state index in [1.54, 1.807) is 0 Å². The zero-order valence-corrected chi connectivity index (χ0v) is 7.70. The first-order valence-electron chi connectivity index (χ1n) is 4.29. The zero-order chi connectivity index (χ0) is 9.68. The van der Waals surface area contributed by atoms with E-state index in [9.17, 15) is 0 Å². The molecule has 1 atom stereocenters. The van der Waals surface area contributed by atoms with E-state index in [0.717, 1.165) is 11.5 Å². The fraction of sp³-hybridized carbons (Fsp3) is 0.444. The van der Waals surface area contributed by atoms with E-state index in [1.165, 1.54) is 0 Å². The summed E-state index contributed by atoms with van der Waals surface area (Å²) in [5.74, 6) is 0.754. The molecular formula is C9H15N3O. The van der Waals surface area contributed by atoms with Crippen LogP contribution in [0.5, 0.6) is 0 Å². The lowest BCUT2D eigenvalue weighted by Crippen LogP contribution is -2.20. The molecule has 0 aliphatic rings. The smallest absolute Gasteiger partial charge is 0.126 e. The molecule has 0 radical (unpaired) electrons. The van der Waals surface area contributed by atoms with Gasteiger partial charge in [0.05, 0.1) is 12.3 Å². The van der Waals surface area contributed by atoms with Gasteiger partial charge in [-0.3, -0.25) is 0 Å². The Labute approximate surface area is 77.8 Å². The van der Waals surface area contributed by atoms with Crippen LogP contribution in [0.4, 0.5) is 5.82 Å². The quantitative estimate of drug-likeness (QED) is 0.626. The molecule has 0 aliphatic heterocycles. The number of anilines is 1. The molecule has 0 saturated heterocycles. The monoisotopic (exact) mass is 181 g/mol. The SMILES string of the molecule is CC(CO)Nc1cccc(CN)n1. The summed E-state index contributed by atoms with van der Waals surface area (Å²) in [4.78, 5) is 4.23. The van der Waals surface area contributed by atoms with Gasteiger partial charge < -0.3 is 16.2 Å². The molecule has 0 aliphatic carbocycles. The van der Waals surface area contributed by atoms with Crippen molar-refractivity contribution in [3.63, 3.8) is 0 Å². The molecular weight excluding hydrogens is 166 g/mol. The molecule has 1 rings (SSSR count). The fourth-order valence-corrected chi connectivity index (χ4v) is 0.972. The van der Waals surface area contributed by atoms with Gasteiger partial charge in [0.25, 0.3) is 0 Å². The standard InChI is InChI=1S/C9H15N3O/c1-7(6-13)11-9-4-2-3-8(5-10)12-9/h2-4,7,13H,5-6,10H2,1H3,(H,11,12). The van der Waals surface area contributed by atoms with Gasteiger partial charge in [0.1, 0.15) is 5.82 Å². The van der Waals surface area contributed by atoms with E-state index in [1.807, 2.05) is 25.1 Å². The predicted molar refractivity (Wildman–Crippen MR) is 52.3 cm³/mol.